The Kier molecular flexibility index (Phi) is 7.43. The summed E-state index contributed by atoms with van der Waals surface area (Å²) < 4.78 is 8.32. The highest BCUT2D eigenvalue weighted by atomic mass is 35.5. The zero-order chi connectivity index (χ0) is 22.5. The van der Waals surface area contributed by atoms with Gasteiger partial charge in [0.25, 0.3) is 5.91 Å². The summed E-state index contributed by atoms with van der Waals surface area (Å²) in [5.74, 6) is -0.296. The largest absolute Gasteiger partial charge is 0.380 e. The molecular formula is C25H22Cl2N2O2S. The van der Waals surface area contributed by atoms with Gasteiger partial charge in [-0.1, -0.05) is 77.0 Å². The third kappa shape index (κ3) is 5.30. The van der Waals surface area contributed by atoms with Gasteiger partial charge in [-0.3, -0.25) is 4.79 Å². The Balaban J connectivity index is 1.65. The van der Waals surface area contributed by atoms with Crippen LogP contribution in [0.5, 0.6) is 0 Å². The van der Waals surface area contributed by atoms with Gasteiger partial charge >= 0.3 is 0 Å². The lowest BCUT2D eigenvalue weighted by molar-refractivity contribution is 0.0996. The van der Waals surface area contributed by atoms with Crippen LogP contribution in [-0.2, 0) is 17.7 Å². The molecule has 0 aliphatic heterocycles. The number of hydrogen-bond acceptors (Lipinski definition) is 3. The summed E-state index contributed by atoms with van der Waals surface area (Å²) in [7, 11) is 0. The molecule has 0 unspecified atom stereocenters. The van der Waals surface area contributed by atoms with Crippen LogP contribution in [0, 0.1) is 0 Å². The Morgan fingerprint density at radius 1 is 1.03 bits per heavy atom. The number of rotatable bonds is 7. The second-order valence-electron chi connectivity index (χ2n) is 7.24. The minimum Gasteiger partial charge on any atom is -0.380 e. The molecule has 0 bridgehead atoms. The fourth-order valence-electron chi connectivity index (χ4n) is 3.47. The van der Waals surface area contributed by atoms with E-state index in [-0.39, 0.29) is 5.91 Å². The summed E-state index contributed by atoms with van der Waals surface area (Å²) in [6.07, 6.45) is 0.819. The van der Waals surface area contributed by atoms with Gasteiger partial charge < -0.3 is 9.30 Å². The molecule has 1 heterocycles. The predicted molar refractivity (Wildman–Crippen MR) is 132 cm³/mol. The Bertz CT molecular complexity index is 1300. The van der Waals surface area contributed by atoms with E-state index in [0.717, 1.165) is 22.2 Å². The number of amides is 1. The Morgan fingerprint density at radius 2 is 1.75 bits per heavy atom. The molecule has 0 N–H and O–H groups in total. The van der Waals surface area contributed by atoms with Crippen molar-refractivity contribution >= 4 is 50.7 Å². The number of nitrogens with zero attached hydrogens (tertiary/aromatic N) is 2. The van der Waals surface area contributed by atoms with E-state index in [1.165, 1.54) is 16.9 Å². The summed E-state index contributed by atoms with van der Waals surface area (Å²) in [5, 5.41) is 1.08. The number of halogens is 2. The molecule has 0 fully saturated rings. The van der Waals surface area contributed by atoms with Crippen LogP contribution in [0.15, 0.2) is 71.7 Å². The van der Waals surface area contributed by atoms with E-state index in [9.17, 15) is 4.79 Å². The van der Waals surface area contributed by atoms with Gasteiger partial charge in [0.1, 0.15) is 0 Å². The van der Waals surface area contributed by atoms with Gasteiger partial charge in [-0.25, -0.2) is 0 Å². The summed E-state index contributed by atoms with van der Waals surface area (Å²) in [6, 6.07) is 21.4. The van der Waals surface area contributed by atoms with Gasteiger partial charge in [-0.2, -0.15) is 4.99 Å². The third-order valence-electron chi connectivity index (χ3n) is 5.01. The van der Waals surface area contributed by atoms with Crippen LogP contribution in [0.1, 0.15) is 28.4 Å². The lowest BCUT2D eigenvalue weighted by atomic mass is 10.0. The monoisotopic (exact) mass is 484 g/mol. The number of hydrogen-bond donors (Lipinski definition) is 0. The Morgan fingerprint density at radius 3 is 2.47 bits per heavy atom. The first-order valence-corrected chi connectivity index (χ1v) is 11.9. The maximum atomic E-state index is 12.9. The molecule has 0 aliphatic rings. The highest BCUT2D eigenvalue weighted by Crippen LogP contribution is 2.29. The molecule has 0 aliphatic carbocycles. The SMILES string of the molecule is CCOCCn1c(=NC(=O)c2ccc(Cc3ccccc3)cc2)sc2cc(Cl)cc(Cl)c21. The highest BCUT2D eigenvalue weighted by molar-refractivity contribution is 7.16. The third-order valence-corrected chi connectivity index (χ3v) is 6.54. The molecule has 0 atom stereocenters. The van der Waals surface area contributed by atoms with Crippen molar-refractivity contribution in [2.45, 2.75) is 19.9 Å². The molecular weight excluding hydrogens is 463 g/mol. The van der Waals surface area contributed by atoms with Gasteiger partial charge in [0.15, 0.2) is 4.80 Å². The normalized spacial score (nSPS) is 11.9. The van der Waals surface area contributed by atoms with Gasteiger partial charge in [-0.05, 0) is 48.7 Å². The van der Waals surface area contributed by atoms with Crippen LogP contribution in [0.25, 0.3) is 10.2 Å². The van der Waals surface area contributed by atoms with Crippen molar-refractivity contribution in [1.82, 2.24) is 4.57 Å². The van der Waals surface area contributed by atoms with E-state index in [4.69, 9.17) is 27.9 Å². The Hall–Kier alpha value is -2.44. The highest BCUT2D eigenvalue weighted by Gasteiger charge is 2.13. The van der Waals surface area contributed by atoms with Crippen molar-refractivity contribution in [3.63, 3.8) is 0 Å². The molecule has 1 aromatic heterocycles. The molecule has 4 aromatic rings. The van der Waals surface area contributed by atoms with Crippen molar-refractivity contribution in [2.24, 2.45) is 4.99 Å². The fraction of sp³-hybridized carbons (Fsp3) is 0.200. The Labute approximate surface area is 200 Å². The minimum absolute atomic E-state index is 0.296. The van der Waals surface area contributed by atoms with Crippen molar-refractivity contribution in [1.29, 1.82) is 0 Å². The first kappa shape index (κ1) is 22.7. The van der Waals surface area contributed by atoms with Crippen molar-refractivity contribution in [3.8, 4) is 0 Å². The fourth-order valence-corrected chi connectivity index (χ4v) is 5.31. The molecule has 7 heteroatoms. The van der Waals surface area contributed by atoms with Crippen LogP contribution in [-0.4, -0.2) is 23.7 Å². The van der Waals surface area contributed by atoms with E-state index in [0.29, 0.717) is 40.2 Å². The molecule has 0 saturated carbocycles. The van der Waals surface area contributed by atoms with Crippen LogP contribution >= 0.6 is 34.5 Å². The minimum atomic E-state index is -0.296. The molecule has 1 amide bonds. The second-order valence-corrected chi connectivity index (χ2v) is 9.10. The summed E-state index contributed by atoms with van der Waals surface area (Å²) in [5.41, 5.74) is 3.72. The predicted octanol–water partition coefficient (Wildman–Crippen LogP) is 6.38. The lowest BCUT2D eigenvalue weighted by Crippen LogP contribution is -2.20. The molecule has 32 heavy (non-hydrogen) atoms. The van der Waals surface area contributed by atoms with Crippen LogP contribution in [0.3, 0.4) is 0 Å². The van der Waals surface area contributed by atoms with Crippen molar-refractivity contribution in [2.75, 3.05) is 13.2 Å². The van der Waals surface area contributed by atoms with Gasteiger partial charge in [0, 0.05) is 23.7 Å². The number of carbonyl (C=O) groups is 1. The number of aromatic nitrogens is 1. The molecule has 4 nitrogen and oxygen atoms in total. The first-order chi connectivity index (χ1) is 15.5. The zero-order valence-corrected chi connectivity index (χ0v) is 19.9. The van der Waals surface area contributed by atoms with E-state index in [1.54, 1.807) is 6.07 Å². The molecule has 3 aromatic carbocycles. The van der Waals surface area contributed by atoms with Gasteiger partial charge in [0.2, 0.25) is 0 Å². The number of ether oxygens (including phenoxy) is 1. The average Bonchev–Trinajstić information content (AvgIpc) is 3.12. The number of thiazole rings is 1. The lowest BCUT2D eigenvalue weighted by Gasteiger charge is -2.07. The maximum absolute atomic E-state index is 12.9. The van der Waals surface area contributed by atoms with Gasteiger partial charge in [-0.15, -0.1) is 0 Å². The number of carbonyl (C=O) groups excluding carboxylic acids is 1. The maximum Gasteiger partial charge on any atom is 0.279 e. The van der Waals surface area contributed by atoms with E-state index in [2.05, 4.69) is 17.1 Å². The van der Waals surface area contributed by atoms with Crippen molar-refractivity contribution in [3.05, 3.63) is 98.3 Å². The van der Waals surface area contributed by atoms with Crippen LogP contribution < -0.4 is 4.80 Å². The summed E-state index contributed by atoms with van der Waals surface area (Å²) in [6.45, 7) is 3.59. The summed E-state index contributed by atoms with van der Waals surface area (Å²) >= 11 is 14.0. The quantitative estimate of drug-likeness (QED) is 0.285. The smallest absolute Gasteiger partial charge is 0.279 e. The molecule has 0 saturated heterocycles. The molecule has 4 rings (SSSR count). The number of benzene rings is 3. The van der Waals surface area contributed by atoms with E-state index in [1.807, 2.05) is 60.0 Å². The molecule has 0 spiro atoms. The number of fused-ring (bicyclic) bond motifs is 1. The summed E-state index contributed by atoms with van der Waals surface area (Å²) in [4.78, 5) is 17.9. The standard InChI is InChI=1S/C25H22Cl2N2O2S/c1-2-31-13-12-29-23-21(27)15-20(26)16-22(23)32-25(29)28-24(30)19-10-8-18(9-11-19)14-17-6-4-3-5-7-17/h3-11,15-16H,2,12-14H2,1H3. The van der Waals surface area contributed by atoms with Crippen LogP contribution in [0.4, 0.5) is 0 Å². The topological polar surface area (TPSA) is 43.6 Å². The van der Waals surface area contributed by atoms with Gasteiger partial charge in [0.05, 0.1) is 21.8 Å². The van der Waals surface area contributed by atoms with E-state index < -0.39 is 0 Å². The second kappa shape index (κ2) is 10.5. The molecule has 0 radical (unpaired) electrons. The zero-order valence-electron chi connectivity index (χ0n) is 17.6. The first-order valence-electron chi connectivity index (χ1n) is 10.3. The van der Waals surface area contributed by atoms with Crippen molar-refractivity contribution < 1.29 is 9.53 Å². The average molecular weight is 485 g/mol. The van der Waals surface area contributed by atoms with Crippen LogP contribution in [0.2, 0.25) is 10.0 Å². The van der Waals surface area contributed by atoms with E-state index >= 15 is 0 Å². The molecule has 164 valence electrons.